The zero-order chi connectivity index (χ0) is 13.1. The van der Waals surface area contributed by atoms with Crippen LogP contribution in [-0.2, 0) is 6.54 Å². The first kappa shape index (κ1) is 12.6. The highest BCUT2D eigenvalue weighted by molar-refractivity contribution is 5.63. The molecule has 1 heterocycles. The lowest BCUT2D eigenvalue weighted by molar-refractivity contribution is 0.407. The predicted octanol–water partition coefficient (Wildman–Crippen LogP) is 2.93. The van der Waals surface area contributed by atoms with E-state index in [1.165, 1.54) is 0 Å². The first-order valence-electron chi connectivity index (χ1n) is 5.99. The largest absolute Gasteiger partial charge is 0.496 e. The van der Waals surface area contributed by atoms with Crippen molar-refractivity contribution in [3.8, 4) is 17.1 Å². The van der Waals surface area contributed by atoms with Gasteiger partial charge in [0.25, 0.3) is 0 Å². The normalized spacial score (nSPS) is 10.9. The summed E-state index contributed by atoms with van der Waals surface area (Å²) in [6.07, 6.45) is 1.66. The van der Waals surface area contributed by atoms with Gasteiger partial charge in [-0.05, 0) is 29.7 Å². The SMILES string of the molecule is COc1ccc(-c2oncc2CN)cc1C(C)C. The molecule has 4 nitrogen and oxygen atoms in total. The Morgan fingerprint density at radius 3 is 2.78 bits per heavy atom. The number of nitrogens with two attached hydrogens (primary N) is 1. The molecule has 1 aromatic carbocycles. The van der Waals surface area contributed by atoms with E-state index in [1.807, 2.05) is 12.1 Å². The molecule has 0 saturated carbocycles. The second-order valence-electron chi connectivity index (χ2n) is 4.50. The van der Waals surface area contributed by atoms with Crippen molar-refractivity contribution in [1.82, 2.24) is 5.16 Å². The summed E-state index contributed by atoms with van der Waals surface area (Å²) < 4.78 is 10.6. The molecule has 0 unspecified atom stereocenters. The van der Waals surface area contributed by atoms with E-state index in [9.17, 15) is 0 Å². The van der Waals surface area contributed by atoms with Crippen molar-refractivity contribution in [2.75, 3.05) is 7.11 Å². The lowest BCUT2D eigenvalue weighted by Crippen LogP contribution is -1.98. The lowest BCUT2D eigenvalue weighted by atomic mass is 9.98. The summed E-state index contributed by atoms with van der Waals surface area (Å²) in [5.74, 6) is 2.01. The highest BCUT2D eigenvalue weighted by Gasteiger charge is 2.14. The van der Waals surface area contributed by atoms with Gasteiger partial charge in [-0.2, -0.15) is 0 Å². The maximum Gasteiger partial charge on any atom is 0.171 e. The van der Waals surface area contributed by atoms with Gasteiger partial charge in [-0.25, -0.2) is 0 Å². The molecule has 2 aromatic rings. The van der Waals surface area contributed by atoms with E-state index in [0.717, 1.165) is 28.2 Å². The first-order valence-corrected chi connectivity index (χ1v) is 5.99. The van der Waals surface area contributed by atoms with E-state index < -0.39 is 0 Å². The Balaban J connectivity index is 2.50. The summed E-state index contributed by atoms with van der Waals surface area (Å²) in [5, 5.41) is 3.80. The van der Waals surface area contributed by atoms with Gasteiger partial charge in [0.05, 0.1) is 13.3 Å². The number of benzene rings is 1. The average Bonchev–Trinajstić information content (AvgIpc) is 2.86. The molecule has 0 aliphatic carbocycles. The van der Waals surface area contributed by atoms with Crippen molar-refractivity contribution in [3.05, 3.63) is 35.5 Å². The summed E-state index contributed by atoms with van der Waals surface area (Å²) in [6, 6.07) is 5.99. The molecule has 0 amide bonds. The summed E-state index contributed by atoms with van der Waals surface area (Å²) in [5.41, 5.74) is 8.70. The van der Waals surface area contributed by atoms with Crippen LogP contribution >= 0.6 is 0 Å². The minimum Gasteiger partial charge on any atom is -0.496 e. The third-order valence-electron chi connectivity index (χ3n) is 2.98. The van der Waals surface area contributed by atoms with E-state index in [4.69, 9.17) is 15.0 Å². The van der Waals surface area contributed by atoms with Gasteiger partial charge in [0.1, 0.15) is 5.75 Å². The summed E-state index contributed by atoms with van der Waals surface area (Å²) in [4.78, 5) is 0. The van der Waals surface area contributed by atoms with E-state index in [1.54, 1.807) is 13.3 Å². The number of hydrogen-bond acceptors (Lipinski definition) is 4. The molecule has 2 rings (SSSR count). The minimum absolute atomic E-state index is 0.379. The van der Waals surface area contributed by atoms with Crippen molar-refractivity contribution in [2.45, 2.75) is 26.3 Å². The zero-order valence-corrected chi connectivity index (χ0v) is 10.9. The second kappa shape index (κ2) is 5.23. The Kier molecular flexibility index (Phi) is 3.67. The molecule has 2 N–H and O–H groups in total. The molecular weight excluding hydrogens is 228 g/mol. The Bertz CT molecular complexity index is 532. The number of nitrogens with zero attached hydrogens (tertiary/aromatic N) is 1. The fraction of sp³-hybridized carbons (Fsp3) is 0.357. The van der Waals surface area contributed by atoms with Gasteiger partial charge >= 0.3 is 0 Å². The number of hydrogen-bond donors (Lipinski definition) is 1. The molecule has 0 aliphatic rings. The molecule has 0 atom stereocenters. The smallest absolute Gasteiger partial charge is 0.171 e. The van der Waals surface area contributed by atoms with Crippen molar-refractivity contribution < 1.29 is 9.26 Å². The minimum atomic E-state index is 0.379. The van der Waals surface area contributed by atoms with Crippen LogP contribution in [0.2, 0.25) is 0 Å². The van der Waals surface area contributed by atoms with Gasteiger partial charge in [0.15, 0.2) is 5.76 Å². The van der Waals surface area contributed by atoms with Crippen LogP contribution in [0, 0.1) is 0 Å². The maximum atomic E-state index is 5.66. The lowest BCUT2D eigenvalue weighted by Gasteiger charge is -2.13. The van der Waals surface area contributed by atoms with Crippen LogP contribution in [0.15, 0.2) is 28.9 Å². The average molecular weight is 246 g/mol. The summed E-state index contributed by atoms with van der Waals surface area (Å²) in [6.45, 7) is 4.68. The van der Waals surface area contributed by atoms with Crippen LogP contribution in [0.25, 0.3) is 11.3 Å². The Morgan fingerprint density at radius 2 is 2.17 bits per heavy atom. The third kappa shape index (κ3) is 2.24. The van der Waals surface area contributed by atoms with Crippen molar-refractivity contribution in [3.63, 3.8) is 0 Å². The van der Waals surface area contributed by atoms with Gasteiger partial charge in [-0.1, -0.05) is 19.0 Å². The number of ether oxygens (including phenoxy) is 1. The van der Waals surface area contributed by atoms with Gasteiger partial charge in [0, 0.05) is 17.7 Å². The molecule has 1 aromatic heterocycles. The molecule has 0 spiro atoms. The van der Waals surface area contributed by atoms with E-state index in [-0.39, 0.29) is 0 Å². The van der Waals surface area contributed by atoms with Crippen LogP contribution in [0.1, 0.15) is 30.9 Å². The van der Waals surface area contributed by atoms with Gasteiger partial charge in [0.2, 0.25) is 0 Å². The van der Waals surface area contributed by atoms with Crippen LogP contribution < -0.4 is 10.5 Å². The highest BCUT2D eigenvalue weighted by atomic mass is 16.5. The maximum absolute atomic E-state index is 5.66. The van der Waals surface area contributed by atoms with Crippen molar-refractivity contribution in [2.24, 2.45) is 5.73 Å². The molecule has 0 radical (unpaired) electrons. The molecule has 0 aliphatic heterocycles. The van der Waals surface area contributed by atoms with Crippen LogP contribution in [0.4, 0.5) is 0 Å². The van der Waals surface area contributed by atoms with Gasteiger partial charge in [-0.3, -0.25) is 0 Å². The van der Waals surface area contributed by atoms with E-state index in [2.05, 4.69) is 25.1 Å². The Morgan fingerprint density at radius 1 is 1.39 bits per heavy atom. The topological polar surface area (TPSA) is 61.3 Å². The third-order valence-corrected chi connectivity index (χ3v) is 2.98. The summed E-state index contributed by atoms with van der Waals surface area (Å²) >= 11 is 0. The zero-order valence-electron chi connectivity index (χ0n) is 10.9. The molecule has 0 saturated heterocycles. The van der Waals surface area contributed by atoms with Crippen molar-refractivity contribution in [1.29, 1.82) is 0 Å². The second-order valence-corrected chi connectivity index (χ2v) is 4.50. The summed E-state index contributed by atoms with van der Waals surface area (Å²) in [7, 11) is 1.68. The molecule has 4 heteroatoms. The fourth-order valence-electron chi connectivity index (χ4n) is 1.97. The molecule has 0 fully saturated rings. The van der Waals surface area contributed by atoms with Crippen LogP contribution in [0.5, 0.6) is 5.75 Å². The molecule has 18 heavy (non-hydrogen) atoms. The Hall–Kier alpha value is -1.81. The van der Waals surface area contributed by atoms with Crippen molar-refractivity contribution >= 4 is 0 Å². The van der Waals surface area contributed by atoms with Gasteiger partial charge < -0.3 is 15.0 Å². The van der Waals surface area contributed by atoms with Crippen LogP contribution in [-0.4, -0.2) is 12.3 Å². The molecule has 96 valence electrons. The highest BCUT2D eigenvalue weighted by Crippen LogP contribution is 2.32. The Labute approximate surface area is 107 Å². The first-order chi connectivity index (χ1) is 8.67. The molecular formula is C14H18N2O2. The number of aromatic nitrogens is 1. The predicted molar refractivity (Wildman–Crippen MR) is 70.5 cm³/mol. The van der Waals surface area contributed by atoms with E-state index in [0.29, 0.717) is 12.5 Å². The quantitative estimate of drug-likeness (QED) is 0.901. The fourth-order valence-corrected chi connectivity index (χ4v) is 1.97. The van der Waals surface area contributed by atoms with E-state index >= 15 is 0 Å². The van der Waals surface area contributed by atoms with Crippen LogP contribution in [0.3, 0.4) is 0 Å². The number of rotatable bonds is 4. The molecule has 0 bridgehead atoms. The number of methoxy groups -OCH3 is 1. The monoisotopic (exact) mass is 246 g/mol. The van der Waals surface area contributed by atoms with Gasteiger partial charge in [-0.15, -0.1) is 0 Å². The standard InChI is InChI=1S/C14H18N2O2/c1-9(2)12-6-10(4-5-13(12)17-3)14-11(7-15)8-16-18-14/h4-6,8-9H,7,15H2,1-3H3.